The van der Waals surface area contributed by atoms with Gasteiger partial charge >= 0.3 is 6.16 Å². The molecule has 0 aromatic rings. The van der Waals surface area contributed by atoms with Crippen molar-refractivity contribution in [1.82, 2.24) is 0 Å². The maximum Gasteiger partial charge on any atom is 0.412 e. The van der Waals surface area contributed by atoms with Gasteiger partial charge in [0.05, 0.1) is 51.3 Å². The van der Waals surface area contributed by atoms with Crippen LogP contribution in [0.2, 0.25) is 0 Å². The molecule has 0 amide bonds. The first-order valence-electron chi connectivity index (χ1n) is 8.43. The summed E-state index contributed by atoms with van der Waals surface area (Å²) in [6.45, 7) is 5.16. The van der Waals surface area contributed by atoms with Gasteiger partial charge in [0.2, 0.25) is 0 Å². The number of hydrogen-bond acceptors (Lipinski definition) is 6. The molecule has 0 radical (unpaired) electrons. The number of ether oxygens (including phenoxy) is 6. The highest BCUT2D eigenvalue weighted by Crippen LogP contribution is 2.53. The Hall–Kier alpha value is -0.240. The molecule has 0 bridgehead atoms. The number of hydrogen-bond donors (Lipinski definition) is 0. The second kappa shape index (κ2) is 4.65. The molecule has 5 fully saturated rings. The van der Waals surface area contributed by atoms with Crippen molar-refractivity contribution < 1.29 is 28.4 Å². The molecule has 5 rings (SSSR count). The van der Waals surface area contributed by atoms with Crippen molar-refractivity contribution in [1.29, 1.82) is 0 Å². The number of epoxide rings is 1. The predicted octanol–water partition coefficient (Wildman–Crippen LogP) is 1.42. The number of rotatable bonds is 0. The van der Waals surface area contributed by atoms with Gasteiger partial charge in [-0.1, -0.05) is 0 Å². The van der Waals surface area contributed by atoms with Gasteiger partial charge in [-0.25, -0.2) is 0 Å². The van der Waals surface area contributed by atoms with Crippen molar-refractivity contribution in [2.45, 2.75) is 57.1 Å². The molecule has 22 heavy (non-hydrogen) atoms. The third-order valence-corrected chi connectivity index (χ3v) is 5.93. The van der Waals surface area contributed by atoms with Crippen LogP contribution in [0.3, 0.4) is 0 Å². The first-order chi connectivity index (χ1) is 10.6. The minimum atomic E-state index is -1.30. The lowest BCUT2D eigenvalue weighted by atomic mass is 9.83. The van der Waals surface area contributed by atoms with E-state index in [4.69, 9.17) is 28.4 Å². The third-order valence-electron chi connectivity index (χ3n) is 5.93. The largest absolute Gasteiger partial charge is 0.412 e. The summed E-state index contributed by atoms with van der Waals surface area (Å²) in [5, 5.41) is 0. The van der Waals surface area contributed by atoms with Gasteiger partial charge in [0.15, 0.2) is 0 Å². The van der Waals surface area contributed by atoms with E-state index in [0.29, 0.717) is 45.2 Å². The average molecular weight is 312 g/mol. The van der Waals surface area contributed by atoms with Crippen LogP contribution in [-0.4, -0.2) is 57.5 Å². The van der Waals surface area contributed by atoms with Crippen molar-refractivity contribution >= 4 is 0 Å². The molecule has 0 aromatic heterocycles. The molecule has 1 saturated carbocycles. The van der Waals surface area contributed by atoms with E-state index < -0.39 is 6.16 Å². The van der Waals surface area contributed by atoms with Crippen LogP contribution in [0.4, 0.5) is 0 Å². The molecule has 4 saturated heterocycles. The van der Waals surface area contributed by atoms with Gasteiger partial charge in [-0.05, 0) is 32.6 Å². The standard InChI is InChI=1S/C16H24O6/c1-11-4-15(7-17-11)9-20-16(21-10-15)18-3-2-14(8-19-16)5-12-13(6-14)22-12/h11-13H,2-10H2,1H3. The molecular formula is C16H24O6. The van der Waals surface area contributed by atoms with Crippen LogP contribution in [0.15, 0.2) is 0 Å². The highest BCUT2D eigenvalue weighted by molar-refractivity contribution is 5.04. The van der Waals surface area contributed by atoms with Gasteiger partial charge in [0.1, 0.15) is 0 Å². The summed E-state index contributed by atoms with van der Waals surface area (Å²) < 4.78 is 35.0. The average Bonchev–Trinajstić information content (AvgIpc) is 3.02. The molecule has 0 N–H and O–H groups in total. The molecule has 0 aromatic carbocycles. The van der Waals surface area contributed by atoms with E-state index in [9.17, 15) is 0 Å². The summed E-state index contributed by atoms with van der Waals surface area (Å²) in [5.41, 5.74) is 0.147. The molecule has 4 aliphatic heterocycles. The van der Waals surface area contributed by atoms with E-state index in [0.717, 1.165) is 25.7 Å². The fourth-order valence-electron chi connectivity index (χ4n) is 4.53. The van der Waals surface area contributed by atoms with Crippen molar-refractivity contribution in [3.63, 3.8) is 0 Å². The molecule has 4 heterocycles. The van der Waals surface area contributed by atoms with Gasteiger partial charge in [0.25, 0.3) is 0 Å². The molecule has 124 valence electrons. The van der Waals surface area contributed by atoms with E-state index in [1.54, 1.807) is 0 Å². The highest BCUT2D eigenvalue weighted by atomic mass is 17.0. The van der Waals surface area contributed by atoms with Gasteiger partial charge in [-0.3, -0.25) is 0 Å². The molecule has 3 unspecified atom stereocenters. The fourth-order valence-corrected chi connectivity index (χ4v) is 4.53. The Bertz CT molecular complexity index is 448. The molecule has 6 heteroatoms. The van der Waals surface area contributed by atoms with E-state index >= 15 is 0 Å². The summed E-state index contributed by atoms with van der Waals surface area (Å²) in [7, 11) is 0. The Morgan fingerprint density at radius 3 is 2.09 bits per heavy atom. The minimum absolute atomic E-state index is 0.0375. The van der Waals surface area contributed by atoms with Gasteiger partial charge in [-0.2, -0.15) is 0 Å². The fraction of sp³-hybridized carbons (Fsp3) is 1.00. The van der Waals surface area contributed by atoms with Crippen LogP contribution in [0.1, 0.15) is 32.6 Å². The van der Waals surface area contributed by atoms with Gasteiger partial charge in [0, 0.05) is 10.8 Å². The van der Waals surface area contributed by atoms with Crippen LogP contribution < -0.4 is 0 Å². The molecule has 3 atom stereocenters. The minimum Gasteiger partial charge on any atom is -0.378 e. The molecule has 6 nitrogen and oxygen atoms in total. The summed E-state index contributed by atoms with van der Waals surface area (Å²) in [5.74, 6) is 0. The molecular weight excluding hydrogens is 288 g/mol. The van der Waals surface area contributed by atoms with Crippen LogP contribution in [-0.2, 0) is 28.4 Å². The maximum absolute atomic E-state index is 6.00. The lowest BCUT2D eigenvalue weighted by molar-refractivity contribution is -0.521. The first-order valence-corrected chi connectivity index (χ1v) is 8.43. The lowest BCUT2D eigenvalue weighted by Crippen LogP contribution is -2.53. The van der Waals surface area contributed by atoms with E-state index in [1.807, 2.05) is 0 Å². The molecule has 3 spiro atoms. The van der Waals surface area contributed by atoms with Crippen molar-refractivity contribution in [2.24, 2.45) is 10.8 Å². The second-order valence-electron chi connectivity index (χ2n) is 7.91. The second-order valence-corrected chi connectivity index (χ2v) is 7.91. The molecule has 5 aliphatic rings. The van der Waals surface area contributed by atoms with Crippen LogP contribution >= 0.6 is 0 Å². The van der Waals surface area contributed by atoms with Crippen molar-refractivity contribution in [3.8, 4) is 0 Å². The maximum atomic E-state index is 6.00. The van der Waals surface area contributed by atoms with Crippen LogP contribution in [0, 0.1) is 10.8 Å². The van der Waals surface area contributed by atoms with E-state index in [-0.39, 0.29) is 16.9 Å². The summed E-state index contributed by atoms with van der Waals surface area (Å²) in [6.07, 6.45) is 3.98. The first kappa shape index (κ1) is 14.1. The van der Waals surface area contributed by atoms with Gasteiger partial charge in [-0.15, -0.1) is 0 Å². The Morgan fingerprint density at radius 2 is 1.45 bits per heavy atom. The Labute approximate surface area is 130 Å². The Kier molecular flexibility index (Phi) is 2.99. The smallest absolute Gasteiger partial charge is 0.378 e. The number of fused-ring (bicyclic) bond motifs is 1. The Morgan fingerprint density at radius 1 is 0.773 bits per heavy atom. The molecule has 1 aliphatic carbocycles. The monoisotopic (exact) mass is 312 g/mol. The topological polar surface area (TPSA) is 58.7 Å². The summed E-state index contributed by atoms with van der Waals surface area (Å²) >= 11 is 0. The van der Waals surface area contributed by atoms with Gasteiger partial charge < -0.3 is 28.4 Å². The zero-order valence-corrected chi connectivity index (χ0v) is 13.0. The SMILES string of the molecule is CC1CC2(CO1)COC1(OCCC3(CO1)CC1OC1C3)OC2. The van der Waals surface area contributed by atoms with Crippen molar-refractivity contribution in [3.05, 3.63) is 0 Å². The summed E-state index contributed by atoms with van der Waals surface area (Å²) in [6, 6.07) is 0. The van der Waals surface area contributed by atoms with Crippen molar-refractivity contribution in [2.75, 3.05) is 33.0 Å². The predicted molar refractivity (Wildman–Crippen MR) is 73.9 cm³/mol. The highest BCUT2D eigenvalue weighted by Gasteiger charge is 2.59. The third kappa shape index (κ3) is 2.24. The van der Waals surface area contributed by atoms with E-state index in [1.165, 1.54) is 0 Å². The quantitative estimate of drug-likeness (QED) is 0.631. The van der Waals surface area contributed by atoms with Crippen LogP contribution in [0.25, 0.3) is 0 Å². The van der Waals surface area contributed by atoms with Crippen LogP contribution in [0.5, 0.6) is 0 Å². The Balaban J connectivity index is 1.24. The zero-order chi connectivity index (χ0) is 14.8. The zero-order valence-electron chi connectivity index (χ0n) is 13.0. The normalized spacial score (nSPS) is 57.4. The summed E-state index contributed by atoms with van der Waals surface area (Å²) in [4.78, 5) is 0. The lowest BCUT2D eigenvalue weighted by Gasteiger charge is -2.42. The van der Waals surface area contributed by atoms with E-state index in [2.05, 4.69) is 6.92 Å².